The summed E-state index contributed by atoms with van der Waals surface area (Å²) in [5, 5.41) is 4.19. The van der Waals surface area contributed by atoms with Crippen molar-refractivity contribution in [2.45, 2.75) is 42.5 Å². The summed E-state index contributed by atoms with van der Waals surface area (Å²) in [7, 11) is -4.05. The zero-order valence-electron chi connectivity index (χ0n) is 18.2. The number of halogens is 3. The molecule has 33 heavy (non-hydrogen) atoms. The summed E-state index contributed by atoms with van der Waals surface area (Å²) in [6, 6.07) is 9.31. The fourth-order valence-corrected chi connectivity index (χ4v) is 6.23. The molecule has 0 bridgehead atoms. The number of nitrogens with zero attached hydrogens (tertiary/aromatic N) is 3. The number of piperidine rings is 1. The van der Waals surface area contributed by atoms with Gasteiger partial charge in [-0.1, -0.05) is 12.1 Å². The standard InChI is InChI=1S/C23H24F3N3O3S/c1-22(2,33(31,32)18-7-5-6-17(14-18)23(24,25)26)16-9-12-28(13-10-16)21(30)19-15-27-29-11-4-3-8-20(19)29/h3-8,11,14-16H,9-10,12-13H2,1-2H3. The molecule has 3 heterocycles. The number of carbonyl (C=O) groups is 1. The highest BCUT2D eigenvalue weighted by Gasteiger charge is 2.45. The maximum atomic E-state index is 13.3. The first-order valence-electron chi connectivity index (χ1n) is 10.6. The van der Waals surface area contributed by atoms with Gasteiger partial charge in [-0.25, -0.2) is 12.9 Å². The molecule has 6 nitrogen and oxygen atoms in total. The molecule has 0 radical (unpaired) electrons. The molecule has 1 fully saturated rings. The third-order valence-electron chi connectivity index (χ3n) is 6.59. The van der Waals surface area contributed by atoms with Crippen LogP contribution in [0.5, 0.6) is 0 Å². The summed E-state index contributed by atoms with van der Waals surface area (Å²) in [6.07, 6.45) is -0.503. The van der Waals surface area contributed by atoms with Gasteiger partial charge in [0.15, 0.2) is 9.84 Å². The fourth-order valence-electron chi connectivity index (χ4n) is 4.41. The third-order valence-corrected chi connectivity index (χ3v) is 9.18. The molecule has 1 aromatic carbocycles. The average Bonchev–Trinajstić information content (AvgIpc) is 3.22. The van der Waals surface area contributed by atoms with Crippen LogP contribution in [-0.2, 0) is 16.0 Å². The Balaban J connectivity index is 1.51. The lowest BCUT2D eigenvalue weighted by atomic mass is 9.85. The number of hydrogen-bond donors (Lipinski definition) is 0. The second kappa shape index (κ2) is 8.16. The molecule has 4 rings (SSSR count). The third kappa shape index (κ3) is 4.12. The molecular formula is C23H24F3N3O3S. The van der Waals surface area contributed by atoms with E-state index >= 15 is 0 Å². The molecule has 3 aromatic rings. The molecule has 0 atom stereocenters. The second-order valence-electron chi connectivity index (χ2n) is 8.79. The van der Waals surface area contributed by atoms with E-state index < -0.39 is 26.3 Å². The van der Waals surface area contributed by atoms with Crippen molar-refractivity contribution in [3.63, 3.8) is 0 Å². The highest BCUT2D eigenvalue weighted by molar-refractivity contribution is 7.92. The minimum Gasteiger partial charge on any atom is -0.339 e. The zero-order valence-corrected chi connectivity index (χ0v) is 19.0. The van der Waals surface area contributed by atoms with Gasteiger partial charge >= 0.3 is 6.18 Å². The molecule has 10 heteroatoms. The van der Waals surface area contributed by atoms with E-state index in [0.29, 0.717) is 43.1 Å². The van der Waals surface area contributed by atoms with Gasteiger partial charge in [-0.05, 0) is 62.9 Å². The maximum absolute atomic E-state index is 13.3. The molecular weight excluding hydrogens is 455 g/mol. The summed E-state index contributed by atoms with van der Waals surface area (Å²) < 4.78 is 66.3. The van der Waals surface area contributed by atoms with Crippen LogP contribution >= 0.6 is 0 Å². The highest BCUT2D eigenvalue weighted by Crippen LogP contribution is 2.39. The van der Waals surface area contributed by atoms with Gasteiger partial charge in [0.05, 0.1) is 32.5 Å². The topological polar surface area (TPSA) is 71.8 Å². The van der Waals surface area contributed by atoms with E-state index in [9.17, 15) is 26.4 Å². The van der Waals surface area contributed by atoms with Crippen molar-refractivity contribution >= 4 is 21.3 Å². The number of alkyl halides is 3. The molecule has 1 saturated heterocycles. The van der Waals surface area contributed by atoms with Crippen molar-refractivity contribution in [3.05, 3.63) is 66.0 Å². The average molecular weight is 480 g/mol. The first kappa shape index (κ1) is 23.3. The van der Waals surface area contributed by atoms with Gasteiger partial charge in [0.25, 0.3) is 5.91 Å². The predicted molar refractivity (Wildman–Crippen MR) is 117 cm³/mol. The van der Waals surface area contributed by atoms with Gasteiger partial charge in [0.1, 0.15) is 0 Å². The normalized spacial score (nSPS) is 16.3. The van der Waals surface area contributed by atoms with Crippen LogP contribution in [-0.4, -0.2) is 46.7 Å². The molecule has 1 aliphatic rings. The van der Waals surface area contributed by atoms with Gasteiger partial charge in [-0.15, -0.1) is 0 Å². The number of pyridine rings is 1. The van der Waals surface area contributed by atoms with E-state index in [1.54, 1.807) is 35.5 Å². The SMILES string of the molecule is CC(C)(C1CCN(C(=O)c2cnn3ccccc23)CC1)S(=O)(=O)c1cccc(C(F)(F)F)c1. The summed E-state index contributed by atoms with van der Waals surface area (Å²) in [5.74, 6) is -0.488. The number of aromatic nitrogens is 2. The van der Waals surface area contributed by atoms with Gasteiger partial charge in [-0.2, -0.15) is 18.3 Å². The molecule has 1 amide bonds. The van der Waals surface area contributed by atoms with E-state index in [1.807, 2.05) is 12.1 Å². The Kier molecular flexibility index (Phi) is 5.76. The predicted octanol–water partition coefficient (Wildman–Crippen LogP) is 4.46. The number of carbonyl (C=O) groups excluding carboxylic acids is 1. The lowest BCUT2D eigenvalue weighted by Gasteiger charge is -2.40. The largest absolute Gasteiger partial charge is 0.416 e. The molecule has 176 valence electrons. The van der Waals surface area contributed by atoms with Crippen LogP contribution in [0, 0.1) is 5.92 Å². The monoisotopic (exact) mass is 479 g/mol. The first-order chi connectivity index (χ1) is 15.4. The number of sulfone groups is 1. The number of benzene rings is 1. The van der Waals surface area contributed by atoms with Gasteiger partial charge < -0.3 is 4.90 Å². The Morgan fingerprint density at radius 1 is 1.06 bits per heavy atom. The number of fused-ring (bicyclic) bond motifs is 1. The lowest BCUT2D eigenvalue weighted by Crippen LogP contribution is -2.47. The molecule has 0 unspecified atom stereocenters. The van der Waals surface area contributed by atoms with Crippen molar-refractivity contribution in [2.24, 2.45) is 5.92 Å². The van der Waals surface area contributed by atoms with Gasteiger partial charge in [-0.3, -0.25) is 4.79 Å². The smallest absolute Gasteiger partial charge is 0.339 e. The highest BCUT2D eigenvalue weighted by atomic mass is 32.2. The van der Waals surface area contributed by atoms with Crippen LogP contribution < -0.4 is 0 Å². The number of rotatable bonds is 4. The number of likely N-dealkylation sites (tertiary alicyclic amines) is 1. The van der Waals surface area contributed by atoms with Crippen LogP contribution in [0.25, 0.3) is 5.52 Å². The van der Waals surface area contributed by atoms with E-state index in [4.69, 9.17) is 0 Å². The van der Waals surface area contributed by atoms with Gasteiger partial charge in [0.2, 0.25) is 0 Å². The lowest BCUT2D eigenvalue weighted by molar-refractivity contribution is -0.137. The first-order valence-corrected chi connectivity index (χ1v) is 12.0. The molecule has 0 spiro atoms. The Labute approximate surface area is 189 Å². The minimum absolute atomic E-state index is 0.173. The fraction of sp³-hybridized carbons (Fsp3) is 0.391. The summed E-state index contributed by atoms with van der Waals surface area (Å²) >= 11 is 0. The van der Waals surface area contributed by atoms with Crippen LogP contribution in [0.3, 0.4) is 0 Å². The zero-order chi connectivity index (χ0) is 24.0. The Morgan fingerprint density at radius 2 is 1.76 bits per heavy atom. The van der Waals surface area contributed by atoms with E-state index in [0.717, 1.165) is 12.1 Å². The second-order valence-corrected chi connectivity index (χ2v) is 11.3. The van der Waals surface area contributed by atoms with Crippen molar-refractivity contribution in [1.29, 1.82) is 0 Å². The van der Waals surface area contributed by atoms with Crippen LogP contribution in [0.15, 0.2) is 59.8 Å². The van der Waals surface area contributed by atoms with Crippen molar-refractivity contribution < 1.29 is 26.4 Å². The van der Waals surface area contributed by atoms with Crippen LogP contribution in [0.1, 0.15) is 42.6 Å². The summed E-state index contributed by atoms with van der Waals surface area (Å²) in [4.78, 5) is 14.4. The Hall–Kier alpha value is -2.88. The van der Waals surface area contributed by atoms with E-state index in [-0.39, 0.29) is 16.7 Å². The molecule has 0 saturated carbocycles. The van der Waals surface area contributed by atoms with Gasteiger partial charge in [0, 0.05) is 19.3 Å². The quantitative estimate of drug-likeness (QED) is 0.554. The summed E-state index contributed by atoms with van der Waals surface area (Å²) in [5.41, 5.74) is 0.176. The van der Waals surface area contributed by atoms with Crippen LogP contribution in [0.4, 0.5) is 13.2 Å². The van der Waals surface area contributed by atoms with Crippen molar-refractivity contribution in [2.75, 3.05) is 13.1 Å². The van der Waals surface area contributed by atoms with Crippen molar-refractivity contribution in [1.82, 2.24) is 14.5 Å². The Bertz CT molecular complexity index is 1290. The molecule has 1 aliphatic heterocycles. The molecule has 0 aliphatic carbocycles. The van der Waals surface area contributed by atoms with Crippen molar-refractivity contribution in [3.8, 4) is 0 Å². The number of hydrogen-bond acceptors (Lipinski definition) is 4. The molecule has 0 N–H and O–H groups in total. The van der Waals surface area contributed by atoms with E-state index in [2.05, 4.69) is 5.10 Å². The maximum Gasteiger partial charge on any atom is 0.416 e. The Morgan fingerprint density at radius 3 is 2.42 bits per heavy atom. The van der Waals surface area contributed by atoms with E-state index in [1.165, 1.54) is 12.3 Å². The minimum atomic E-state index is -4.63. The van der Waals surface area contributed by atoms with Crippen LogP contribution in [0.2, 0.25) is 0 Å². The molecule has 2 aromatic heterocycles. The summed E-state index contributed by atoms with van der Waals surface area (Å²) in [6.45, 7) is 3.82. The number of amides is 1.